The molecular weight excluding hydrogens is 250 g/mol. The van der Waals surface area contributed by atoms with Crippen molar-refractivity contribution in [3.63, 3.8) is 0 Å². The lowest BCUT2D eigenvalue weighted by atomic mass is 10.1. The molecule has 7 nitrogen and oxygen atoms in total. The van der Waals surface area contributed by atoms with Gasteiger partial charge in [-0.2, -0.15) is 5.10 Å². The molecule has 1 saturated carbocycles. The van der Waals surface area contributed by atoms with Crippen molar-refractivity contribution >= 4 is 11.9 Å². The van der Waals surface area contributed by atoms with Gasteiger partial charge in [-0.1, -0.05) is 12.8 Å². The van der Waals surface area contributed by atoms with Crippen LogP contribution >= 0.6 is 0 Å². The molecular formula is C12H15N3O4. The maximum Gasteiger partial charge on any atom is 0.326 e. The predicted octanol–water partition coefficient (Wildman–Crippen LogP) is -0.237. The summed E-state index contributed by atoms with van der Waals surface area (Å²) in [5.74, 6) is -1.25. The van der Waals surface area contributed by atoms with E-state index in [0.29, 0.717) is 12.3 Å². The van der Waals surface area contributed by atoms with E-state index >= 15 is 0 Å². The lowest BCUT2D eigenvalue weighted by Crippen LogP contribution is -2.42. The van der Waals surface area contributed by atoms with Crippen LogP contribution in [0.3, 0.4) is 0 Å². The number of nitrogens with one attached hydrogen (secondary N) is 1. The van der Waals surface area contributed by atoms with Gasteiger partial charge in [-0.15, -0.1) is 0 Å². The second kappa shape index (κ2) is 5.21. The van der Waals surface area contributed by atoms with E-state index in [9.17, 15) is 14.4 Å². The van der Waals surface area contributed by atoms with Crippen molar-refractivity contribution in [1.29, 1.82) is 0 Å². The molecule has 2 N–H and O–H groups in total. The fourth-order valence-electron chi connectivity index (χ4n) is 1.76. The van der Waals surface area contributed by atoms with Gasteiger partial charge in [0.25, 0.3) is 11.5 Å². The minimum absolute atomic E-state index is 0.0316. The first-order chi connectivity index (χ1) is 8.97. The molecule has 0 spiro atoms. The van der Waals surface area contributed by atoms with Gasteiger partial charge in [-0.25, -0.2) is 9.48 Å². The summed E-state index contributed by atoms with van der Waals surface area (Å²) in [6.07, 6.45) is 2.46. The van der Waals surface area contributed by atoms with E-state index in [4.69, 9.17) is 5.11 Å². The Labute approximate surface area is 109 Å². The van der Waals surface area contributed by atoms with E-state index in [1.165, 1.54) is 19.2 Å². The van der Waals surface area contributed by atoms with Crippen molar-refractivity contribution in [2.24, 2.45) is 13.0 Å². The molecule has 102 valence electrons. The number of amides is 1. The number of rotatable bonds is 5. The molecule has 2 rings (SSSR count). The van der Waals surface area contributed by atoms with Crippen molar-refractivity contribution in [3.05, 3.63) is 28.2 Å². The molecule has 1 aliphatic carbocycles. The molecule has 0 saturated heterocycles. The zero-order valence-corrected chi connectivity index (χ0v) is 10.5. The molecule has 1 aromatic heterocycles. The summed E-state index contributed by atoms with van der Waals surface area (Å²) in [6.45, 7) is 0. The molecule has 0 aliphatic heterocycles. The Bertz CT molecular complexity index is 562. The molecule has 1 heterocycles. The van der Waals surface area contributed by atoms with Crippen molar-refractivity contribution in [2.45, 2.75) is 25.3 Å². The number of aryl methyl sites for hydroxylation is 1. The maximum absolute atomic E-state index is 11.9. The highest BCUT2D eigenvalue weighted by Crippen LogP contribution is 2.33. The zero-order valence-electron chi connectivity index (χ0n) is 10.5. The van der Waals surface area contributed by atoms with Gasteiger partial charge in [0, 0.05) is 13.1 Å². The quantitative estimate of drug-likeness (QED) is 0.765. The minimum atomic E-state index is -1.05. The van der Waals surface area contributed by atoms with Crippen LogP contribution in [0.4, 0.5) is 0 Å². The SMILES string of the molecule is Cn1nc(C(=O)NC(CC2CC2)C(=O)O)ccc1=O. The maximum atomic E-state index is 11.9. The number of aromatic nitrogens is 2. The molecule has 1 amide bonds. The largest absolute Gasteiger partial charge is 0.480 e. The van der Waals surface area contributed by atoms with Crippen LogP contribution in [0.25, 0.3) is 0 Å². The van der Waals surface area contributed by atoms with E-state index in [1.54, 1.807) is 0 Å². The second-order valence-electron chi connectivity index (χ2n) is 4.72. The number of aliphatic carboxylic acids is 1. The van der Waals surface area contributed by atoms with Crippen LogP contribution < -0.4 is 10.9 Å². The molecule has 1 unspecified atom stereocenters. The minimum Gasteiger partial charge on any atom is -0.480 e. The predicted molar refractivity (Wildman–Crippen MR) is 65.7 cm³/mol. The third-order valence-corrected chi connectivity index (χ3v) is 3.06. The molecule has 0 aromatic carbocycles. The topological polar surface area (TPSA) is 101 Å². The smallest absolute Gasteiger partial charge is 0.326 e. The van der Waals surface area contributed by atoms with E-state index in [2.05, 4.69) is 10.4 Å². The summed E-state index contributed by atoms with van der Waals surface area (Å²) in [5, 5.41) is 15.3. The molecule has 0 radical (unpaired) electrons. The summed E-state index contributed by atoms with van der Waals surface area (Å²) in [5.41, 5.74) is -0.298. The van der Waals surface area contributed by atoms with Crippen molar-refractivity contribution in [1.82, 2.24) is 15.1 Å². The van der Waals surface area contributed by atoms with Crippen LogP contribution in [-0.2, 0) is 11.8 Å². The van der Waals surface area contributed by atoms with Gasteiger partial charge < -0.3 is 10.4 Å². The Morgan fingerprint density at radius 2 is 2.21 bits per heavy atom. The summed E-state index contributed by atoms with van der Waals surface area (Å²) in [7, 11) is 1.43. The zero-order chi connectivity index (χ0) is 14.0. The van der Waals surface area contributed by atoms with Crippen molar-refractivity contribution in [3.8, 4) is 0 Å². The fraction of sp³-hybridized carbons (Fsp3) is 0.500. The Hall–Kier alpha value is -2.18. The summed E-state index contributed by atoms with van der Waals surface area (Å²) >= 11 is 0. The fourth-order valence-corrected chi connectivity index (χ4v) is 1.76. The summed E-state index contributed by atoms with van der Waals surface area (Å²) < 4.78 is 1.03. The van der Waals surface area contributed by atoms with E-state index in [1.807, 2.05) is 0 Å². The number of carboxylic acid groups (broad SMARTS) is 1. The van der Waals surface area contributed by atoms with Gasteiger partial charge in [0.2, 0.25) is 0 Å². The average molecular weight is 265 g/mol. The van der Waals surface area contributed by atoms with Crippen LogP contribution in [-0.4, -0.2) is 32.8 Å². The molecule has 7 heteroatoms. The van der Waals surface area contributed by atoms with Crippen LogP contribution in [0.2, 0.25) is 0 Å². The number of hydrogen-bond donors (Lipinski definition) is 2. The number of carbonyl (C=O) groups is 2. The Balaban J connectivity index is 2.07. The third-order valence-electron chi connectivity index (χ3n) is 3.06. The highest BCUT2D eigenvalue weighted by Gasteiger charge is 2.30. The van der Waals surface area contributed by atoms with Crippen LogP contribution in [0.1, 0.15) is 29.8 Å². The van der Waals surface area contributed by atoms with E-state index < -0.39 is 17.9 Å². The Kier molecular flexibility index (Phi) is 3.64. The molecule has 19 heavy (non-hydrogen) atoms. The van der Waals surface area contributed by atoms with Gasteiger partial charge in [-0.3, -0.25) is 9.59 Å². The first kappa shape index (κ1) is 13.3. The number of carbonyl (C=O) groups excluding carboxylic acids is 1. The highest BCUT2D eigenvalue weighted by atomic mass is 16.4. The van der Waals surface area contributed by atoms with E-state index in [0.717, 1.165) is 17.5 Å². The van der Waals surface area contributed by atoms with Gasteiger partial charge in [0.1, 0.15) is 11.7 Å². The molecule has 0 bridgehead atoms. The first-order valence-electron chi connectivity index (χ1n) is 6.05. The molecule has 1 aliphatic rings. The van der Waals surface area contributed by atoms with Crippen molar-refractivity contribution in [2.75, 3.05) is 0 Å². The van der Waals surface area contributed by atoms with E-state index in [-0.39, 0.29) is 11.3 Å². The highest BCUT2D eigenvalue weighted by molar-refractivity contribution is 5.94. The van der Waals surface area contributed by atoms with Crippen LogP contribution in [0.5, 0.6) is 0 Å². The second-order valence-corrected chi connectivity index (χ2v) is 4.72. The molecule has 1 aromatic rings. The monoisotopic (exact) mass is 265 g/mol. The summed E-state index contributed by atoms with van der Waals surface area (Å²) in [6, 6.07) is 1.60. The van der Waals surface area contributed by atoms with Crippen LogP contribution in [0.15, 0.2) is 16.9 Å². The van der Waals surface area contributed by atoms with Gasteiger partial charge in [0.15, 0.2) is 0 Å². The van der Waals surface area contributed by atoms with Crippen molar-refractivity contribution < 1.29 is 14.7 Å². The van der Waals surface area contributed by atoms with Gasteiger partial charge >= 0.3 is 5.97 Å². The lowest BCUT2D eigenvalue weighted by Gasteiger charge is -2.13. The number of carboxylic acids is 1. The normalized spacial score (nSPS) is 15.8. The Morgan fingerprint density at radius 3 is 2.74 bits per heavy atom. The van der Waals surface area contributed by atoms with Gasteiger partial charge in [0.05, 0.1) is 0 Å². The Morgan fingerprint density at radius 1 is 1.53 bits per heavy atom. The molecule has 1 fully saturated rings. The first-order valence-corrected chi connectivity index (χ1v) is 6.05. The summed E-state index contributed by atoms with van der Waals surface area (Å²) in [4.78, 5) is 34.1. The van der Waals surface area contributed by atoms with Crippen LogP contribution in [0, 0.1) is 5.92 Å². The number of nitrogens with zero attached hydrogens (tertiary/aromatic N) is 2. The average Bonchev–Trinajstić information content (AvgIpc) is 3.15. The standard InChI is InChI=1S/C12H15N3O4/c1-15-10(16)5-4-8(14-15)11(17)13-9(12(18)19)6-7-2-3-7/h4-5,7,9H,2-3,6H2,1H3,(H,13,17)(H,18,19). The lowest BCUT2D eigenvalue weighted by molar-refractivity contribution is -0.139. The molecule has 1 atom stereocenters. The van der Waals surface area contributed by atoms with Gasteiger partial charge in [-0.05, 0) is 18.4 Å². The third kappa shape index (κ3) is 3.40. The number of hydrogen-bond acceptors (Lipinski definition) is 4.